The quantitative estimate of drug-likeness (QED) is 0.672. The Morgan fingerprint density at radius 2 is 1.83 bits per heavy atom. The maximum Gasteiger partial charge on any atom is 0.243 e. The number of hydrogen-bond donors (Lipinski definition) is 0. The number of likely N-dealkylation sites (N-methyl/N-ethyl adjacent to an activating group) is 1. The Labute approximate surface area is 178 Å². The molecule has 1 aliphatic rings. The lowest BCUT2D eigenvalue weighted by molar-refractivity contribution is -0.135. The molecule has 2 aromatic carbocycles. The van der Waals surface area contributed by atoms with Gasteiger partial charge in [-0.3, -0.25) is 4.79 Å². The number of piperidine rings is 1. The zero-order chi connectivity index (χ0) is 21.7. The zero-order valence-corrected chi connectivity index (χ0v) is 18.4. The Morgan fingerprint density at radius 3 is 2.50 bits per heavy atom. The minimum absolute atomic E-state index is 0.212. The molecule has 0 spiro atoms. The Morgan fingerprint density at radius 1 is 1.10 bits per heavy atom. The van der Waals surface area contributed by atoms with Crippen LogP contribution >= 0.6 is 0 Å². The van der Waals surface area contributed by atoms with Crippen LogP contribution in [-0.4, -0.2) is 57.4 Å². The molecule has 1 atom stereocenters. The minimum Gasteiger partial charge on any atom is -0.497 e. The molecule has 1 saturated heterocycles. The summed E-state index contributed by atoms with van der Waals surface area (Å²) >= 11 is 0. The summed E-state index contributed by atoms with van der Waals surface area (Å²) in [4.78, 5) is 15.0. The van der Waals surface area contributed by atoms with Crippen molar-refractivity contribution in [3.05, 3.63) is 54.1 Å². The summed E-state index contributed by atoms with van der Waals surface area (Å²) < 4.78 is 38.3. The van der Waals surface area contributed by atoms with Gasteiger partial charge in [-0.15, -0.1) is 0 Å². The van der Waals surface area contributed by atoms with Crippen molar-refractivity contribution < 1.29 is 22.7 Å². The van der Waals surface area contributed by atoms with Gasteiger partial charge in [0.15, 0.2) is 0 Å². The number of carbonyl (C=O) groups is 1. The molecule has 8 heteroatoms. The normalized spacial score (nSPS) is 17.4. The van der Waals surface area contributed by atoms with Crippen LogP contribution in [0.4, 0.5) is 0 Å². The SMILES string of the molecule is COc1ccc(CN(C)C(=O)C2CCCCN2S(=O)(=O)c2ccccc2)c(OC)c1. The third-order valence-corrected chi connectivity index (χ3v) is 7.29. The van der Waals surface area contributed by atoms with Crippen molar-refractivity contribution in [3.63, 3.8) is 0 Å². The van der Waals surface area contributed by atoms with Crippen LogP contribution in [0.1, 0.15) is 24.8 Å². The lowest BCUT2D eigenvalue weighted by Crippen LogP contribution is -2.52. The van der Waals surface area contributed by atoms with Gasteiger partial charge in [-0.25, -0.2) is 8.42 Å². The third-order valence-electron chi connectivity index (χ3n) is 5.37. The number of hydrogen-bond acceptors (Lipinski definition) is 5. The summed E-state index contributed by atoms with van der Waals surface area (Å²) in [5.41, 5.74) is 0.822. The van der Waals surface area contributed by atoms with Gasteiger partial charge in [0.1, 0.15) is 17.5 Å². The number of nitrogens with zero attached hydrogens (tertiary/aromatic N) is 2. The molecule has 2 aromatic rings. The summed E-state index contributed by atoms with van der Waals surface area (Å²) in [5, 5.41) is 0. The minimum atomic E-state index is -3.74. The first-order valence-electron chi connectivity index (χ1n) is 9.91. The summed E-state index contributed by atoms with van der Waals surface area (Å²) in [6.07, 6.45) is 2.07. The van der Waals surface area contributed by atoms with Gasteiger partial charge >= 0.3 is 0 Å². The van der Waals surface area contributed by atoms with Gasteiger partial charge in [-0.1, -0.05) is 24.6 Å². The van der Waals surface area contributed by atoms with Crippen molar-refractivity contribution in [1.29, 1.82) is 0 Å². The van der Waals surface area contributed by atoms with Crippen molar-refractivity contribution in [1.82, 2.24) is 9.21 Å². The van der Waals surface area contributed by atoms with E-state index in [1.54, 1.807) is 62.6 Å². The molecule has 1 fully saturated rings. The monoisotopic (exact) mass is 432 g/mol. The molecule has 0 radical (unpaired) electrons. The standard InChI is InChI=1S/C22H28N2O5S/c1-23(16-17-12-13-18(28-2)15-21(17)29-3)22(25)20-11-7-8-14-24(20)30(26,27)19-9-5-4-6-10-19/h4-6,9-10,12-13,15,20H,7-8,11,14,16H2,1-3H3. The molecule has 0 aliphatic carbocycles. The molecular formula is C22H28N2O5S. The summed E-state index contributed by atoms with van der Waals surface area (Å²) in [6.45, 7) is 0.648. The zero-order valence-electron chi connectivity index (χ0n) is 17.6. The van der Waals surface area contributed by atoms with Gasteiger partial charge in [0, 0.05) is 31.8 Å². The number of rotatable bonds is 7. The average Bonchev–Trinajstić information content (AvgIpc) is 2.79. The molecule has 1 aliphatic heterocycles. The van der Waals surface area contributed by atoms with E-state index in [2.05, 4.69) is 0 Å². The number of sulfonamides is 1. The van der Waals surface area contributed by atoms with Gasteiger partial charge < -0.3 is 14.4 Å². The van der Waals surface area contributed by atoms with Crippen LogP contribution in [0.15, 0.2) is 53.4 Å². The van der Waals surface area contributed by atoms with Gasteiger partial charge in [0.2, 0.25) is 15.9 Å². The molecule has 0 bridgehead atoms. The molecule has 162 valence electrons. The summed E-state index contributed by atoms with van der Waals surface area (Å²) in [6, 6.07) is 13.0. The van der Waals surface area contributed by atoms with E-state index in [1.165, 1.54) is 4.31 Å². The summed E-state index contributed by atoms with van der Waals surface area (Å²) in [7, 11) is 1.09. The molecule has 1 heterocycles. The molecule has 0 saturated carbocycles. The molecule has 30 heavy (non-hydrogen) atoms. The van der Waals surface area contributed by atoms with E-state index < -0.39 is 16.1 Å². The van der Waals surface area contributed by atoms with Crippen LogP contribution < -0.4 is 9.47 Å². The van der Waals surface area contributed by atoms with Gasteiger partial charge in [0.25, 0.3) is 0 Å². The number of benzene rings is 2. The van der Waals surface area contributed by atoms with Gasteiger partial charge in [-0.05, 0) is 37.1 Å². The fourth-order valence-electron chi connectivity index (χ4n) is 3.74. The van der Waals surface area contributed by atoms with Crippen molar-refractivity contribution in [2.75, 3.05) is 27.8 Å². The lowest BCUT2D eigenvalue weighted by atomic mass is 10.0. The molecule has 0 N–H and O–H groups in total. The van der Waals surface area contributed by atoms with Crippen LogP contribution in [0.3, 0.4) is 0 Å². The predicted molar refractivity (Wildman–Crippen MR) is 114 cm³/mol. The maximum absolute atomic E-state index is 13.3. The predicted octanol–water partition coefficient (Wildman–Crippen LogP) is 2.91. The topological polar surface area (TPSA) is 76.2 Å². The number of methoxy groups -OCH3 is 2. The molecule has 1 unspecified atom stereocenters. The Bertz CT molecular complexity index is 978. The second-order valence-electron chi connectivity index (χ2n) is 7.31. The Kier molecular flexibility index (Phi) is 6.99. The average molecular weight is 433 g/mol. The van der Waals surface area contributed by atoms with Crippen molar-refractivity contribution in [2.24, 2.45) is 0 Å². The van der Waals surface area contributed by atoms with Crippen LogP contribution in [0.25, 0.3) is 0 Å². The Balaban J connectivity index is 1.82. The van der Waals surface area contributed by atoms with Crippen LogP contribution in [0.2, 0.25) is 0 Å². The third kappa shape index (κ3) is 4.60. The first-order chi connectivity index (χ1) is 14.4. The van der Waals surface area contributed by atoms with E-state index in [9.17, 15) is 13.2 Å². The van der Waals surface area contributed by atoms with E-state index >= 15 is 0 Å². The van der Waals surface area contributed by atoms with Crippen molar-refractivity contribution in [3.8, 4) is 11.5 Å². The molecule has 7 nitrogen and oxygen atoms in total. The largest absolute Gasteiger partial charge is 0.497 e. The number of amides is 1. The number of carbonyl (C=O) groups excluding carboxylic acids is 1. The van der Waals surface area contributed by atoms with Crippen molar-refractivity contribution >= 4 is 15.9 Å². The van der Waals surface area contributed by atoms with Gasteiger partial charge in [0.05, 0.1) is 19.1 Å². The molecule has 1 amide bonds. The highest BCUT2D eigenvalue weighted by Gasteiger charge is 2.38. The highest BCUT2D eigenvalue weighted by Crippen LogP contribution is 2.29. The number of ether oxygens (including phenoxy) is 2. The first-order valence-corrected chi connectivity index (χ1v) is 11.3. The highest BCUT2D eigenvalue weighted by molar-refractivity contribution is 7.89. The van der Waals surface area contributed by atoms with Crippen LogP contribution in [0, 0.1) is 0 Å². The fraction of sp³-hybridized carbons (Fsp3) is 0.409. The van der Waals surface area contributed by atoms with E-state index in [-0.39, 0.29) is 10.8 Å². The fourth-order valence-corrected chi connectivity index (χ4v) is 5.41. The molecule has 0 aromatic heterocycles. The molecule has 3 rings (SSSR count). The van der Waals surface area contributed by atoms with E-state index in [4.69, 9.17) is 9.47 Å². The Hall–Kier alpha value is -2.58. The smallest absolute Gasteiger partial charge is 0.243 e. The molecular weight excluding hydrogens is 404 g/mol. The first kappa shape index (κ1) is 22.1. The second kappa shape index (κ2) is 9.49. The maximum atomic E-state index is 13.3. The van der Waals surface area contributed by atoms with Crippen molar-refractivity contribution in [2.45, 2.75) is 36.7 Å². The van der Waals surface area contributed by atoms with E-state index in [0.717, 1.165) is 18.4 Å². The van der Waals surface area contributed by atoms with E-state index in [0.29, 0.717) is 31.0 Å². The van der Waals surface area contributed by atoms with E-state index in [1.807, 2.05) is 12.1 Å². The second-order valence-corrected chi connectivity index (χ2v) is 9.20. The van der Waals surface area contributed by atoms with Crippen LogP contribution in [-0.2, 0) is 21.4 Å². The van der Waals surface area contributed by atoms with Crippen LogP contribution in [0.5, 0.6) is 11.5 Å². The highest BCUT2D eigenvalue weighted by atomic mass is 32.2. The van der Waals surface area contributed by atoms with Gasteiger partial charge in [-0.2, -0.15) is 4.31 Å². The summed E-state index contributed by atoms with van der Waals surface area (Å²) in [5.74, 6) is 1.07. The lowest BCUT2D eigenvalue weighted by Gasteiger charge is -2.36.